The number of aliphatic carboxylic acids is 1. The molecule has 2 rings (SSSR count). The van der Waals surface area contributed by atoms with Crippen molar-refractivity contribution >= 4 is 21.9 Å². The average molecular weight is 386 g/mol. The van der Waals surface area contributed by atoms with E-state index in [0.29, 0.717) is 26.1 Å². The number of nitrogens with one attached hydrogen (secondary N) is 1. The van der Waals surface area contributed by atoms with Crippen molar-refractivity contribution in [3.8, 4) is 0 Å². The molecule has 146 valence electrons. The van der Waals surface area contributed by atoms with Crippen LogP contribution in [-0.4, -0.2) is 49.3 Å². The Morgan fingerprint density at radius 1 is 1.19 bits per heavy atom. The summed E-state index contributed by atoms with van der Waals surface area (Å²) in [5.74, 6) is -1.03. The molecule has 0 unspecified atom stereocenters. The molecule has 9 heteroatoms. The lowest BCUT2D eigenvalue weighted by molar-refractivity contribution is -0.137. The molecule has 0 aliphatic carbocycles. The van der Waals surface area contributed by atoms with Crippen LogP contribution < -0.4 is 5.32 Å². The van der Waals surface area contributed by atoms with Crippen molar-refractivity contribution in [3.05, 3.63) is 17.6 Å². The van der Waals surface area contributed by atoms with Gasteiger partial charge in [-0.3, -0.25) is 9.59 Å². The first-order valence-electron chi connectivity index (χ1n) is 8.93. The number of hydrogen-bond donors (Lipinski definition) is 2. The summed E-state index contributed by atoms with van der Waals surface area (Å²) >= 11 is 0. The van der Waals surface area contributed by atoms with Gasteiger partial charge in [0.15, 0.2) is 5.76 Å². The van der Waals surface area contributed by atoms with Crippen LogP contribution in [0.2, 0.25) is 0 Å². The van der Waals surface area contributed by atoms with E-state index in [4.69, 9.17) is 9.52 Å². The number of carboxylic acids is 1. The van der Waals surface area contributed by atoms with E-state index in [9.17, 15) is 18.0 Å². The molecule has 0 atom stereocenters. The van der Waals surface area contributed by atoms with Gasteiger partial charge in [0.1, 0.15) is 10.7 Å². The van der Waals surface area contributed by atoms with Crippen LogP contribution in [0.15, 0.2) is 15.4 Å². The van der Waals surface area contributed by atoms with Crippen molar-refractivity contribution in [2.24, 2.45) is 0 Å². The van der Waals surface area contributed by atoms with Gasteiger partial charge in [-0.05, 0) is 32.6 Å². The molecule has 1 aliphatic heterocycles. The summed E-state index contributed by atoms with van der Waals surface area (Å²) in [5.41, 5.74) is 0. The van der Waals surface area contributed by atoms with E-state index in [-0.39, 0.29) is 22.8 Å². The lowest BCUT2D eigenvalue weighted by Crippen LogP contribution is -2.28. The van der Waals surface area contributed by atoms with Crippen LogP contribution in [0, 0.1) is 6.92 Å². The van der Waals surface area contributed by atoms with Crippen LogP contribution in [0.4, 0.5) is 0 Å². The molecule has 2 heterocycles. The van der Waals surface area contributed by atoms with Crippen LogP contribution in [0.5, 0.6) is 0 Å². The second kappa shape index (κ2) is 9.18. The minimum absolute atomic E-state index is 0.00820. The van der Waals surface area contributed by atoms with Crippen LogP contribution in [-0.2, 0) is 14.8 Å². The number of carbonyl (C=O) groups is 2. The topological polar surface area (TPSA) is 117 Å². The van der Waals surface area contributed by atoms with E-state index in [1.807, 2.05) is 0 Å². The number of rotatable bonds is 10. The molecule has 1 saturated heterocycles. The minimum atomic E-state index is -3.61. The third kappa shape index (κ3) is 5.31. The Bertz CT molecular complexity index is 734. The fraction of sp³-hybridized carbons (Fsp3) is 0.647. The third-order valence-corrected chi connectivity index (χ3v) is 6.39. The normalized spacial score (nSPS) is 15.3. The highest BCUT2D eigenvalue weighted by molar-refractivity contribution is 7.89. The van der Waals surface area contributed by atoms with E-state index in [1.54, 1.807) is 6.92 Å². The molecule has 1 fully saturated rings. The number of carbonyl (C=O) groups excluding carboxylic acids is 1. The smallest absolute Gasteiger partial charge is 0.303 e. The SMILES string of the molecule is Cc1oc(C(=O)NCCCCCCC(=O)O)cc1S(=O)(=O)N1CCCC1. The van der Waals surface area contributed by atoms with Gasteiger partial charge in [-0.1, -0.05) is 12.8 Å². The zero-order valence-corrected chi connectivity index (χ0v) is 15.8. The molecule has 1 aliphatic rings. The fourth-order valence-electron chi connectivity index (χ4n) is 2.94. The highest BCUT2D eigenvalue weighted by atomic mass is 32.2. The maximum Gasteiger partial charge on any atom is 0.303 e. The van der Waals surface area contributed by atoms with Crippen LogP contribution in [0.3, 0.4) is 0 Å². The number of furan rings is 1. The Kier molecular flexibility index (Phi) is 7.22. The van der Waals surface area contributed by atoms with Gasteiger partial charge in [0, 0.05) is 32.1 Å². The van der Waals surface area contributed by atoms with E-state index >= 15 is 0 Å². The van der Waals surface area contributed by atoms with E-state index in [1.165, 1.54) is 10.4 Å². The molecular weight excluding hydrogens is 360 g/mol. The first-order valence-corrected chi connectivity index (χ1v) is 10.4. The van der Waals surface area contributed by atoms with Crippen molar-refractivity contribution in [2.75, 3.05) is 19.6 Å². The number of amides is 1. The predicted molar refractivity (Wildman–Crippen MR) is 94.5 cm³/mol. The molecule has 1 amide bonds. The van der Waals surface area contributed by atoms with Crippen LogP contribution >= 0.6 is 0 Å². The molecule has 8 nitrogen and oxygen atoms in total. The summed E-state index contributed by atoms with van der Waals surface area (Å²) in [6.07, 6.45) is 4.81. The Balaban J connectivity index is 1.84. The zero-order valence-electron chi connectivity index (χ0n) is 15.0. The van der Waals surface area contributed by atoms with Gasteiger partial charge in [-0.25, -0.2) is 8.42 Å². The summed E-state index contributed by atoms with van der Waals surface area (Å²) in [5, 5.41) is 11.3. The second-order valence-electron chi connectivity index (χ2n) is 6.46. The summed E-state index contributed by atoms with van der Waals surface area (Å²) in [6, 6.07) is 1.30. The average Bonchev–Trinajstić information content (AvgIpc) is 3.23. The zero-order chi connectivity index (χ0) is 19.2. The van der Waals surface area contributed by atoms with E-state index in [2.05, 4.69) is 5.32 Å². The van der Waals surface area contributed by atoms with Crippen molar-refractivity contribution < 1.29 is 27.5 Å². The molecule has 0 saturated carbocycles. The highest BCUT2D eigenvalue weighted by Gasteiger charge is 2.31. The number of aryl methyl sites for hydroxylation is 1. The molecule has 0 aromatic carbocycles. The van der Waals surface area contributed by atoms with Crippen molar-refractivity contribution in [1.82, 2.24) is 9.62 Å². The largest absolute Gasteiger partial charge is 0.481 e. The van der Waals surface area contributed by atoms with Crippen LogP contribution in [0.25, 0.3) is 0 Å². The lowest BCUT2D eigenvalue weighted by atomic mass is 10.1. The molecule has 26 heavy (non-hydrogen) atoms. The van der Waals surface area contributed by atoms with Gasteiger partial charge in [0.25, 0.3) is 5.91 Å². The second-order valence-corrected chi connectivity index (χ2v) is 8.36. The minimum Gasteiger partial charge on any atom is -0.481 e. The van der Waals surface area contributed by atoms with E-state index < -0.39 is 21.9 Å². The number of sulfonamides is 1. The molecule has 0 spiro atoms. The maximum atomic E-state index is 12.6. The van der Waals surface area contributed by atoms with Crippen molar-refractivity contribution in [2.45, 2.75) is 56.8 Å². The quantitative estimate of drug-likeness (QED) is 0.595. The Morgan fingerprint density at radius 3 is 2.50 bits per heavy atom. The summed E-state index contributed by atoms with van der Waals surface area (Å²) in [4.78, 5) is 22.6. The summed E-state index contributed by atoms with van der Waals surface area (Å²) < 4.78 is 32.0. The summed E-state index contributed by atoms with van der Waals surface area (Å²) in [7, 11) is -3.61. The third-order valence-electron chi connectivity index (χ3n) is 4.38. The van der Waals surface area contributed by atoms with Gasteiger partial charge in [-0.2, -0.15) is 4.31 Å². The van der Waals surface area contributed by atoms with Crippen molar-refractivity contribution in [1.29, 1.82) is 0 Å². The molecule has 2 N–H and O–H groups in total. The number of unbranched alkanes of at least 4 members (excludes halogenated alkanes) is 3. The number of hydrogen-bond acceptors (Lipinski definition) is 5. The molecule has 1 aromatic rings. The molecule has 1 aromatic heterocycles. The Hall–Kier alpha value is -1.87. The first-order chi connectivity index (χ1) is 12.3. The highest BCUT2D eigenvalue weighted by Crippen LogP contribution is 2.26. The van der Waals surface area contributed by atoms with Gasteiger partial charge in [0.05, 0.1) is 0 Å². The van der Waals surface area contributed by atoms with Gasteiger partial charge in [0.2, 0.25) is 10.0 Å². The Morgan fingerprint density at radius 2 is 1.85 bits per heavy atom. The monoisotopic (exact) mass is 386 g/mol. The van der Waals surface area contributed by atoms with Crippen LogP contribution in [0.1, 0.15) is 61.3 Å². The molecule has 0 bridgehead atoms. The first kappa shape index (κ1) is 20.4. The predicted octanol–water partition coefficient (Wildman–Crippen LogP) is 2.14. The fourth-order valence-corrected chi connectivity index (χ4v) is 4.62. The lowest BCUT2D eigenvalue weighted by Gasteiger charge is -2.14. The van der Waals surface area contributed by atoms with Gasteiger partial charge in [-0.15, -0.1) is 0 Å². The Labute approximate surface area is 153 Å². The maximum absolute atomic E-state index is 12.6. The van der Waals surface area contributed by atoms with Gasteiger partial charge >= 0.3 is 5.97 Å². The van der Waals surface area contributed by atoms with Gasteiger partial charge < -0.3 is 14.8 Å². The number of nitrogens with zero attached hydrogens (tertiary/aromatic N) is 1. The standard InChI is InChI=1S/C17H26N2O6S/c1-13-15(26(23,24)19-10-6-7-11-19)12-14(25-13)17(22)18-9-5-3-2-4-8-16(20)21/h12H,2-11H2,1H3,(H,18,22)(H,20,21). The number of carboxylic acid groups (broad SMARTS) is 1. The molecular formula is C17H26N2O6S. The van der Waals surface area contributed by atoms with E-state index in [0.717, 1.165) is 32.1 Å². The summed E-state index contributed by atoms with van der Waals surface area (Å²) in [6.45, 7) is 2.97. The van der Waals surface area contributed by atoms with Crippen molar-refractivity contribution in [3.63, 3.8) is 0 Å². The molecule has 0 radical (unpaired) electrons.